The maximum atomic E-state index is 13.6. The number of nitrogens with two attached hydrogens (primary N) is 1. The molecule has 7 nitrogen and oxygen atoms in total. The Labute approximate surface area is 229 Å². The van der Waals surface area contributed by atoms with E-state index in [2.05, 4.69) is 9.97 Å². The van der Waals surface area contributed by atoms with Crippen molar-refractivity contribution in [3.63, 3.8) is 0 Å². The van der Waals surface area contributed by atoms with Crippen molar-refractivity contribution in [2.24, 2.45) is 0 Å². The van der Waals surface area contributed by atoms with Gasteiger partial charge in [0.25, 0.3) is 0 Å². The number of nitrogens with zero attached hydrogens (tertiary/aromatic N) is 4. The van der Waals surface area contributed by atoms with Gasteiger partial charge in [-0.1, -0.05) is 13.8 Å². The minimum absolute atomic E-state index is 0.104. The van der Waals surface area contributed by atoms with E-state index in [-0.39, 0.29) is 41.9 Å². The molecule has 0 radical (unpaired) electrons. The van der Waals surface area contributed by atoms with Crippen molar-refractivity contribution in [1.29, 1.82) is 0 Å². The molecule has 3 rings (SSSR count). The maximum absolute atomic E-state index is 13.6. The topological polar surface area (TPSA) is 84.6 Å². The van der Waals surface area contributed by atoms with Gasteiger partial charge < -0.3 is 20.3 Å². The Balaban J connectivity index is 2.05. The van der Waals surface area contributed by atoms with E-state index in [9.17, 15) is 31.1 Å². The number of piperidine rings is 1. The van der Waals surface area contributed by atoms with Crippen LogP contribution >= 0.6 is 0 Å². The van der Waals surface area contributed by atoms with E-state index < -0.39 is 41.2 Å². The monoisotopic (exact) mass is 575 g/mol. The third-order valence-corrected chi connectivity index (χ3v) is 6.78. The molecule has 1 aromatic heterocycles. The highest BCUT2D eigenvalue weighted by Crippen LogP contribution is 2.38. The molecule has 1 fully saturated rings. The number of hydrogen-bond acceptors (Lipinski definition) is 6. The van der Waals surface area contributed by atoms with Crippen LogP contribution in [0.3, 0.4) is 0 Å². The molecular formula is C27H35F6N5O2. The molecule has 40 heavy (non-hydrogen) atoms. The average Bonchev–Trinajstić information content (AvgIpc) is 2.84. The summed E-state index contributed by atoms with van der Waals surface area (Å²) in [6, 6.07) is 0.548. The molecule has 2 atom stereocenters. The molecule has 13 heteroatoms. The summed E-state index contributed by atoms with van der Waals surface area (Å²) in [6.07, 6.45) is -5.88. The number of aromatic nitrogens is 2. The molecule has 2 heterocycles. The molecule has 1 saturated heterocycles. The lowest BCUT2D eigenvalue weighted by Gasteiger charge is -2.48. The summed E-state index contributed by atoms with van der Waals surface area (Å²) >= 11 is 0. The van der Waals surface area contributed by atoms with Crippen molar-refractivity contribution in [3.05, 3.63) is 47.3 Å². The molecule has 0 aliphatic carbocycles. The number of benzene rings is 1. The minimum atomic E-state index is -4.97. The summed E-state index contributed by atoms with van der Waals surface area (Å²) in [7, 11) is 0. The van der Waals surface area contributed by atoms with E-state index in [1.54, 1.807) is 30.6 Å². The van der Waals surface area contributed by atoms with E-state index in [0.29, 0.717) is 37.8 Å². The molecule has 0 saturated carbocycles. The van der Waals surface area contributed by atoms with Crippen LogP contribution in [0.4, 0.5) is 42.8 Å². The molecule has 2 unspecified atom stereocenters. The van der Waals surface area contributed by atoms with Gasteiger partial charge in [0.2, 0.25) is 5.95 Å². The van der Waals surface area contributed by atoms with E-state index in [0.717, 1.165) is 0 Å². The van der Waals surface area contributed by atoms with Gasteiger partial charge in [0, 0.05) is 24.7 Å². The van der Waals surface area contributed by atoms with Crippen molar-refractivity contribution in [2.75, 3.05) is 10.6 Å². The second kappa shape index (κ2) is 11.7. The molecule has 1 aliphatic rings. The summed E-state index contributed by atoms with van der Waals surface area (Å²) in [5.41, 5.74) is 2.28. The zero-order chi connectivity index (χ0) is 30.0. The molecule has 0 spiro atoms. The van der Waals surface area contributed by atoms with Crippen LogP contribution in [-0.2, 0) is 23.6 Å². The Morgan fingerprint density at radius 2 is 1.43 bits per heavy atom. The highest BCUT2D eigenvalue weighted by molar-refractivity contribution is 5.69. The van der Waals surface area contributed by atoms with Crippen molar-refractivity contribution < 1.29 is 35.9 Å². The number of nitrogen functional groups attached to an aromatic ring is 1. The second-order valence-electron chi connectivity index (χ2n) is 11.0. The van der Waals surface area contributed by atoms with Crippen molar-refractivity contribution in [1.82, 2.24) is 14.9 Å². The van der Waals surface area contributed by atoms with Crippen molar-refractivity contribution in [2.45, 2.75) is 103 Å². The third kappa shape index (κ3) is 7.69. The molecular weight excluding hydrogens is 540 g/mol. The quantitative estimate of drug-likeness (QED) is 0.371. The number of halogens is 6. The number of anilines is 2. The number of amides is 1. The predicted molar refractivity (Wildman–Crippen MR) is 138 cm³/mol. The molecule has 0 bridgehead atoms. The zero-order valence-corrected chi connectivity index (χ0v) is 23.1. The largest absolute Gasteiger partial charge is 0.444 e. The second-order valence-corrected chi connectivity index (χ2v) is 11.0. The lowest BCUT2D eigenvalue weighted by molar-refractivity contribution is -0.143. The first kappa shape index (κ1) is 31.3. The third-order valence-electron chi connectivity index (χ3n) is 6.78. The first-order valence-corrected chi connectivity index (χ1v) is 13.1. The van der Waals surface area contributed by atoms with Crippen LogP contribution in [0, 0.1) is 0 Å². The van der Waals surface area contributed by atoms with Gasteiger partial charge >= 0.3 is 18.4 Å². The van der Waals surface area contributed by atoms with Gasteiger partial charge in [-0.2, -0.15) is 26.3 Å². The summed E-state index contributed by atoms with van der Waals surface area (Å²) in [4.78, 5) is 24.9. The Kier molecular flexibility index (Phi) is 9.15. The fraction of sp³-hybridized carbons (Fsp3) is 0.593. The first-order valence-electron chi connectivity index (χ1n) is 13.1. The van der Waals surface area contributed by atoms with Crippen LogP contribution in [0.25, 0.3) is 0 Å². The summed E-state index contributed by atoms with van der Waals surface area (Å²) in [5.74, 6) is 0.112. The van der Waals surface area contributed by atoms with Gasteiger partial charge in [0.1, 0.15) is 5.60 Å². The maximum Gasteiger partial charge on any atom is 0.416 e. The highest BCUT2D eigenvalue weighted by Gasteiger charge is 2.42. The van der Waals surface area contributed by atoms with Crippen LogP contribution < -0.4 is 10.6 Å². The highest BCUT2D eigenvalue weighted by atomic mass is 19.4. The molecule has 222 valence electrons. The van der Waals surface area contributed by atoms with E-state index in [4.69, 9.17) is 10.5 Å². The lowest BCUT2D eigenvalue weighted by Crippen LogP contribution is -2.57. The Bertz CT molecular complexity index is 1120. The standard InChI is InChI=1S/C27H35F6N5O2/c1-6-20-11-22(12-21(7-2)38(20)24(39)40-25(3,4)5)37(23-35-13-19(34)14-36-23)15-16-8-17(26(28,29)30)10-18(9-16)27(31,32)33/h8-10,13-14,20-22H,6-7,11-12,15,34H2,1-5H3. The van der Waals surface area contributed by atoms with Gasteiger partial charge in [-0.25, -0.2) is 14.8 Å². The molecule has 2 aromatic rings. The number of ether oxygens (including phenoxy) is 1. The molecule has 2 N–H and O–H groups in total. The van der Waals surface area contributed by atoms with Crippen molar-refractivity contribution in [3.8, 4) is 0 Å². The van der Waals surface area contributed by atoms with Gasteiger partial charge in [-0.05, 0) is 70.2 Å². The van der Waals surface area contributed by atoms with Crippen LogP contribution in [-0.4, -0.2) is 44.7 Å². The smallest absolute Gasteiger partial charge is 0.416 e. The van der Waals surface area contributed by atoms with Crippen LogP contribution in [0.1, 0.15) is 77.0 Å². The summed E-state index contributed by atoms with van der Waals surface area (Å²) in [5, 5.41) is 0. The lowest BCUT2D eigenvalue weighted by atomic mass is 9.87. The number of likely N-dealkylation sites (tertiary alicyclic amines) is 1. The van der Waals surface area contributed by atoms with Gasteiger partial charge in [0.05, 0.1) is 29.2 Å². The SMILES string of the molecule is CCC1CC(N(Cc2cc(C(F)(F)F)cc(C(F)(F)F)c2)c2ncc(N)cn2)CC(CC)N1C(=O)OC(C)(C)C. The Morgan fingerprint density at radius 3 is 1.82 bits per heavy atom. The van der Waals surface area contributed by atoms with Gasteiger partial charge in [-0.3, -0.25) is 0 Å². The minimum Gasteiger partial charge on any atom is -0.444 e. The Morgan fingerprint density at radius 1 is 0.950 bits per heavy atom. The normalized spacial score (nSPS) is 20.4. The van der Waals surface area contributed by atoms with Crippen LogP contribution in [0.15, 0.2) is 30.6 Å². The Hall–Kier alpha value is -3.25. The number of rotatable bonds is 6. The summed E-state index contributed by atoms with van der Waals surface area (Å²) < 4.78 is 87.0. The van der Waals surface area contributed by atoms with E-state index >= 15 is 0 Å². The summed E-state index contributed by atoms with van der Waals surface area (Å²) in [6.45, 7) is 8.80. The van der Waals surface area contributed by atoms with Crippen LogP contribution in [0.2, 0.25) is 0 Å². The molecule has 1 aliphatic heterocycles. The fourth-order valence-corrected chi connectivity index (χ4v) is 4.99. The van der Waals surface area contributed by atoms with E-state index in [1.165, 1.54) is 12.4 Å². The molecule has 1 aromatic carbocycles. The number of carbonyl (C=O) groups excluding carboxylic acids is 1. The zero-order valence-electron chi connectivity index (χ0n) is 23.1. The van der Waals surface area contributed by atoms with Gasteiger partial charge in [-0.15, -0.1) is 0 Å². The average molecular weight is 576 g/mol. The predicted octanol–water partition coefficient (Wildman–Crippen LogP) is 7.06. The number of carbonyl (C=O) groups is 1. The number of alkyl halides is 6. The van der Waals surface area contributed by atoms with Crippen molar-refractivity contribution >= 4 is 17.7 Å². The van der Waals surface area contributed by atoms with E-state index in [1.807, 2.05) is 13.8 Å². The first-order chi connectivity index (χ1) is 18.4. The fourth-order valence-electron chi connectivity index (χ4n) is 4.99. The molecule has 1 amide bonds. The number of hydrogen-bond donors (Lipinski definition) is 1. The van der Waals surface area contributed by atoms with Crippen LogP contribution in [0.5, 0.6) is 0 Å². The van der Waals surface area contributed by atoms with Gasteiger partial charge in [0.15, 0.2) is 0 Å².